The minimum Gasteiger partial charge on any atom is -0.422 e. The number of hydrogen-bond donors (Lipinski definition) is 1. The smallest absolute Gasteiger partial charge is 0.345 e. The van der Waals surface area contributed by atoms with Crippen LogP contribution in [0.1, 0.15) is 20.8 Å². The van der Waals surface area contributed by atoms with E-state index in [9.17, 15) is 9.59 Å². The largest absolute Gasteiger partial charge is 0.422 e. The normalized spacial score (nSPS) is 11.1. The lowest BCUT2D eigenvalue weighted by atomic mass is 10.1. The zero-order valence-corrected chi connectivity index (χ0v) is 15.1. The zero-order valence-electron chi connectivity index (χ0n) is 14.2. The highest BCUT2D eigenvalue weighted by Gasteiger charge is 2.15. The predicted octanol–water partition coefficient (Wildman–Crippen LogP) is 4.29. The number of amides is 1. The van der Waals surface area contributed by atoms with Gasteiger partial charge in [0.05, 0.1) is 15.0 Å². The maximum absolute atomic E-state index is 12.5. The SMILES string of the molecule is Cc1ccc(CCNC(=O)c2cc3c(=O)oc4ccccc4c3s2)cc1. The summed E-state index contributed by atoms with van der Waals surface area (Å²) in [4.78, 5) is 25.2. The van der Waals surface area contributed by atoms with E-state index in [1.807, 2.05) is 25.1 Å². The molecule has 4 rings (SSSR count). The Kier molecular flexibility index (Phi) is 4.31. The van der Waals surface area contributed by atoms with Gasteiger partial charge in [-0.15, -0.1) is 11.3 Å². The Balaban J connectivity index is 1.55. The van der Waals surface area contributed by atoms with Gasteiger partial charge in [-0.1, -0.05) is 42.0 Å². The Hall–Kier alpha value is -2.92. The molecule has 4 aromatic rings. The van der Waals surface area contributed by atoms with E-state index in [-0.39, 0.29) is 5.91 Å². The van der Waals surface area contributed by atoms with Crippen molar-refractivity contribution in [3.8, 4) is 0 Å². The first kappa shape index (κ1) is 16.5. The van der Waals surface area contributed by atoms with E-state index in [0.717, 1.165) is 16.5 Å². The third-order valence-corrected chi connectivity index (χ3v) is 5.50. The fourth-order valence-corrected chi connectivity index (χ4v) is 4.01. The summed E-state index contributed by atoms with van der Waals surface area (Å²) in [7, 11) is 0. The Morgan fingerprint density at radius 1 is 1.08 bits per heavy atom. The third-order valence-electron chi connectivity index (χ3n) is 4.33. The maximum atomic E-state index is 12.5. The Labute approximate surface area is 154 Å². The predicted molar refractivity (Wildman–Crippen MR) is 105 cm³/mol. The van der Waals surface area contributed by atoms with Crippen LogP contribution >= 0.6 is 11.3 Å². The van der Waals surface area contributed by atoms with Crippen molar-refractivity contribution in [2.24, 2.45) is 0 Å². The van der Waals surface area contributed by atoms with Crippen LogP contribution in [0.15, 0.2) is 63.8 Å². The molecule has 0 unspecified atom stereocenters. The average molecular weight is 363 g/mol. The fourth-order valence-electron chi connectivity index (χ4n) is 2.91. The summed E-state index contributed by atoms with van der Waals surface area (Å²) in [6.45, 7) is 2.60. The van der Waals surface area contributed by atoms with Crippen LogP contribution in [0.4, 0.5) is 0 Å². The van der Waals surface area contributed by atoms with Crippen LogP contribution in [0.5, 0.6) is 0 Å². The van der Waals surface area contributed by atoms with Crippen LogP contribution in [0.2, 0.25) is 0 Å². The number of hydrogen-bond acceptors (Lipinski definition) is 4. The lowest BCUT2D eigenvalue weighted by Gasteiger charge is -2.04. The standard InChI is InChI=1S/C21H17NO3S/c1-13-6-8-14(9-7-13)10-11-22-20(23)18-12-16-19(26-18)15-4-2-3-5-17(15)25-21(16)24/h2-9,12H,10-11H2,1H3,(H,22,23). The molecule has 5 heteroatoms. The van der Waals surface area contributed by atoms with Gasteiger partial charge in [-0.2, -0.15) is 0 Å². The molecule has 1 amide bonds. The first-order valence-electron chi connectivity index (χ1n) is 8.41. The van der Waals surface area contributed by atoms with E-state index in [1.54, 1.807) is 12.1 Å². The van der Waals surface area contributed by atoms with Gasteiger partial charge in [0, 0.05) is 11.9 Å². The first-order chi connectivity index (χ1) is 12.6. The van der Waals surface area contributed by atoms with Gasteiger partial charge in [0.15, 0.2) is 0 Å². The number of fused-ring (bicyclic) bond motifs is 3. The molecule has 0 saturated heterocycles. The van der Waals surface area contributed by atoms with Crippen molar-refractivity contribution in [2.45, 2.75) is 13.3 Å². The van der Waals surface area contributed by atoms with Gasteiger partial charge in [-0.3, -0.25) is 4.79 Å². The van der Waals surface area contributed by atoms with Crippen LogP contribution in [-0.4, -0.2) is 12.5 Å². The van der Waals surface area contributed by atoms with Crippen LogP contribution in [-0.2, 0) is 6.42 Å². The van der Waals surface area contributed by atoms with Crippen molar-refractivity contribution in [3.05, 3.63) is 81.0 Å². The van der Waals surface area contributed by atoms with E-state index < -0.39 is 5.63 Å². The van der Waals surface area contributed by atoms with Crippen LogP contribution in [0.25, 0.3) is 21.1 Å². The number of rotatable bonds is 4. The summed E-state index contributed by atoms with van der Waals surface area (Å²) < 4.78 is 6.13. The number of thiophene rings is 1. The molecule has 2 aromatic carbocycles. The second kappa shape index (κ2) is 6.77. The minimum absolute atomic E-state index is 0.165. The average Bonchev–Trinajstić information content (AvgIpc) is 3.10. The summed E-state index contributed by atoms with van der Waals surface area (Å²) in [5, 5.41) is 4.24. The monoisotopic (exact) mass is 363 g/mol. The Morgan fingerprint density at radius 3 is 2.65 bits per heavy atom. The van der Waals surface area contributed by atoms with Gasteiger partial charge in [-0.25, -0.2) is 4.79 Å². The second-order valence-electron chi connectivity index (χ2n) is 6.23. The van der Waals surface area contributed by atoms with Gasteiger partial charge < -0.3 is 9.73 Å². The number of para-hydroxylation sites is 1. The quantitative estimate of drug-likeness (QED) is 0.550. The van der Waals surface area contributed by atoms with Gasteiger partial charge in [-0.05, 0) is 37.1 Å². The maximum Gasteiger partial charge on any atom is 0.345 e. The van der Waals surface area contributed by atoms with E-state index >= 15 is 0 Å². The van der Waals surface area contributed by atoms with Gasteiger partial charge in [0.25, 0.3) is 5.91 Å². The highest BCUT2D eigenvalue weighted by atomic mass is 32.1. The second-order valence-corrected chi connectivity index (χ2v) is 7.28. The summed E-state index contributed by atoms with van der Waals surface area (Å²) >= 11 is 1.33. The van der Waals surface area contributed by atoms with E-state index in [4.69, 9.17) is 4.42 Å². The molecule has 2 aromatic heterocycles. The molecule has 0 aliphatic carbocycles. The van der Waals surface area contributed by atoms with Crippen LogP contribution < -0.4 is 10.9 Å². The molecule has 0 atom stereocenters. The molecule has 0 aliphatic heterocycles. The fraction of sp³-hybridized carbons (Fsp3) is 0.143. The van der Waals surface area contributed by atoms with Crippen molar-refractivity contribution in [2.75, 3.05) is 6.54 Å². The molecule has 4 nitrogen and oxygen atoms in total. The molecule has 0 fully saturated rings. The number of nitrogens with one attached hydrogen (secondary N) is 1. The summed E-state index contributed by atoms with van der Waals surface area (Å²) in [6.07, 6.45) is 0.766. The minimum atomic E-state index is -0.409. The molecule has 26 heavy (non-hydrogen) atoms. The molecule has 0 spiro atoms. The first-order valence-corrected chi connectivity index (χ1v) is 9.22. The molecule has 0 bridgehead atoms. The molecule has 0 aliphatic rings. The Bertz CT molecular complexity index is 1160. The van der Waals surface area contributed by atoms with E-state index in [2.05, 4.69) is 29.6 Å². The van der Waals surface area contributed by atoms with Crippen molar-refractivity contribution in [1.29, 1.82) is 0 Å². The van der Waals surface area contributed by atoms with Crippen LogP contribution in [0.3, 0.4) is 0 Å². The number of aryl methyl sites for hydroxylation is 1. The van der Waals surface area contributed by atoms with Gasteiger partial charge in [0.1, 0.15) is 5.58 Å². The van der Waals surface area contributed by atoms with Crippen molar-refractivity contribution in [1.82, 2.24) is 5.32 Å². The molecule has 130 valence electrons. The van der Waals surface area contributed by atoms with E-state index in [1.165, 1.54) is 22.5 Å². The van der Waals surface area contributed by atoms with E-state index in [0.29, 0.717) is 22.4 Å². The molecule has 0 radical (unpaired) electrons. The van der Waals surface area contributed by atoms with Crippen molar-refractivity contribution >= 4 is 38.3 Å². The number of carbonyl (C=O) groups excluding carboxylic acids is 1. The summed E-state index contributed by atoms with van der Waals surface area (Å²) in [6, 6.07) is 17.3. The number of benzene rings is 2. The van der Waals surface area contributed by atoms with Gasteiger partial charge in [0.2, 0.25) is 0 Å². The molecule has 0 saturated carbocycles. The third kappa shape index (κ3) is 3.13. The summed E-state index contributed by atoms with van der Waals surface area (Å²) in [5.74, 6) is -0.165. The summed E-state index contributed by atoms with van der Waals surface area (Å²) in [5.41, 5.74) is 2.53. The molecular formula is C21H17NO3S. The molecule has 2 heterocycles. The number of carbonyl (C=O) groups is 1. The lowest BCUT2D eigenvalue weighted by molar-refractivity contribution is 0.0958. The van der Waals surface area contributed by atoms with Crippen molar-refractivity contribution < 1.29 is 9.21 Å². The highest BCUT2D eigenvalue weighted by Crippen LogP contribution is 2.30. The highest BCUT2D eigenvalue weighted by molar-refractivity contribution is 7.21. The van der Waals surface area contributed by atoms with Crippen LogP contribution in [0, 0.1) is 6.92 Å². The molecule has 1 N–H and O–H groups in total. The molecular weight excluding hydrogens is 346 g/mol. The lowest BCUT2D eigenvalue weighted by Crippen LogP contribution is -2.24. The van der Waals surface area contributed by atoms with Gasteiger partial charge >= 0.3 is 5.63 Å². The topological polar surface area (TPSA) is 59.3 Å². The van der Waals surface area contributed by atoms with Crippen molar-refractivity contribution in [3.63, 3.8) is 0 Å². The zero-order chi connectivity index (χ0) is 18.1. The Morgan fingerprint density at radius 2 is 1.85 bits per heavy atom.